The van der Waals surface area contributed by atoms with Crippen LogP contribution in [0.15, 0.2) is 65.7 Å². The minimum atomic E-state index is -3.22. The molecule has 3 aromatic rings. The third-order valence-corrected chi connectivity index (χ3v) is 6.97. The normalized spacial score (nSPS) is 12.2. The van der Waals surface area contributed by atoms with Gasteiger partial charge in [-0.2, -0.15) is 0 Å². The van der Waals surface area contributed by atoms with Gasteiger partial charge >= 0.3 is 6.03 Å². The summed E-state index contributed by atoms with van der Waals surface area (Å²) in [7, 11) is -1.78. The standard InChI is InChI=1S/C24H23Cl2N5O5S/c1-31(11-12-32)24(35)30-37(2,36)18-7-3-15(4-8-18)22(33)28-20-9-5-16(25)13-19(20)23(34)29-21-10-6-17(26)14-27-21/h3-10,13-14,32H,2,11-12H2,1H3,(H,28,33)(H,27,29,34)(H,30,35,36). The summed E-state index contributed by atoms with van der Waals surface area (Å²) in [5, 5.41) is 14.9. The van der Waals surface area contributed by atoms with Crippen molar-refractivity contribution in [3.05, 3.63) is 82.0 Å². The number of pyridine rings is 1. The number of carbonyl (C=O) groups is 3. The molecule has 1 aromatic heterocycles. The molecule has 13 heteroatoms. The van der Waals surface area contributed by atoms with E-state index in [-0.39, 0.29) is 45.7 Å². The van der Waals surface area contributed by atoms with Gasteiger partial charge in [-0.25, -0.2) is 14.0 Å². The van der Waals surface area contributed by atoms with Crippen LogP contribution in [0.2, 0.25) is 10.0 Å². The highest BCUT2D eigenvalue weighted by atomic mass is 35.5. The molecule has 194 valence electrons. The predicted molar refractivity (Wildman–Crippen MR) is 145 cm³/mol. The van der Waals surface area contributed by atoms with E-state index in [9.17, 15) is 18.6 Å². The minimum absolute atomic E-state index is 0.0569. The van der Waals surface area contributed by atoms with E-state index in [1.54, 1.807) is 6.07 Å². The van der Waals surface area contributed by atoms with E-state index in [1.807, 2.05) is 0 Å². The third kappa shape index (κ3) is 7.43. The topological polar surface area (TPSA) is 141 Å². The summed E-state index contributed by atoms with van der Waals surface area (Å²) >= 11 is 11.9. The average Bonchev–Trinajstić information content (AvgIpc) is 2.86. The Morgan fingerprint density at radius 1 is 1.00 bits per heavy atom. The van der Waals surface area contributed by atoms with Crippen molar-refractivity contribution < 1.29 is 23.7 Å². The fourth-order valence-electron chi connectivity index (χ4n) is 3.00. The van der Waals surface area contributed by atoms with Gasteiger partial charge in [0.25, 0.3) is 11.8 Å². The Labute approximate surface area is 223 Å². The SMILES string of the molecule is C=S(=O)(NC(=O)N(C)CCO)c1ccc(C(=O)Nc2ccc(Cl)cc2C(=O)Nc2ccc(Cl)cn2)cc1. The quantitative estimate of drug-likeness (QED) is 0.309. The van der Waals surface area contributed by atoms with Crippen LogP contribution in [0.3, 0.4) is 0 Å². The molecular formula is C24H23Cl2N5O5S. The van der Waals surface area contributed by atoms with Gasteiger partial charge in [-0.15, -0.1) is 0 Å². The van der Waals surface area contributed by atoms with Crippen molar-refractivity contribution in [1.29, 1.82) is 0 Å². The first-order chi connectivity index (χ1) is 17.5. The minimum Gasteiger partial charge on any atom is -0.395 e. The zero-order valence-electron chi connectivity index (χ0n) is 19.5. The number of rotatable bonds is 8. The van der Waals surface area contributed by atoms with E-state index < -0.39 is 27.6 Å². The lowest BCUT2D eigenvalue weighted by molar-refractivity contribution is 0.102. The molecule has 10 nitrogen and oxygen atoms in total. The molecule has 4 N–H and O–H groups in total. The highest BCUT2D eigenvalue weighted by molar-refractivity contribution is 7.99. The third-order valence-electron chi connectivity index (χ3n) is 4.97. The predicted octanol–water partition coefficient (Wildman–Crippen LogP) is 3.52. The van der Waals surface area contributed by atoms with Crippen molar-refractivity contribution in [2.75, 3.05) is 30.8 Å². The van der Waals surface area contributed by atoms with Crippen LogP contribution in [-0.4, -0.2) is 63.1 Å². The number of anilines is 2. The largest absolute Gasteiger partial charge is 0.395 e. The maximum absolute atomic E-state index is 12.9. The number of carbonyl (C=O) groups excluding carboxylic acids is 3. The van der Waals surface area contributed by atoms with Crippen LogP contribution >= 0.6 is 23.2 Å². The van der Waals surface area contributed by atoms with Crippen molar-refractivity contribution in [1.82, 2.24) is 14.6 Å². The van der Waals surface area contributed by atoms with Crippen LogP contribution in [0.25, 0.3) is 0 Å². The van der Waals surface area contributed by atoms with Gasteiger partial charge in [-0.1, -0.05) is 23.2 Å². The van der Waals surface area contributed by atoms with Crippen LogP contribution < -0.4 is 15.4 Å². The lowest BCUT2D eigenvalue weighted by Gasteiger charge is -2.19. The Morgan fingerprint density at radius 2 is 1.68 bits per heavy atom. The number of nitrogens with one attached hydrogen (secondary N) is 3. The number of hydrogen-bond donors (Lipinski definition) is 4. The van der Waals surface area contributed by atoms with Gasteiger partial charge in [-0.3, -0.25) is 14.3 Å². The Morgan fingerprint density at radius 3 is 2.30 bits per heavy atom. The zero-order valence-corrected chi connectivity index (χ0v) is 21.9. The Hall–Kier alpha value is -3.64. The van der Waals surface area contributed by atoms with Gasteiger partial charge in [0, 0.05) is 35.3 Å². The smallest absolute Gasteiger partial charge is 0.328 e. The summed E-state index contributed by atoms with van der Waals surface area (Å²) in [6, 6.07) is 12.5. The maximum atomic E-state index is 12.9. The number of aliphatic hydroxyl groups excluding tert-OH is 1. The number of aliphatic hydroxyl groups is 1. The van der Waals surface area contributed by atoms with E-state index in [0.717, 1.165) is 4.90 Å². The molecule has 0 aliphatic carbocycles. The van der Waals surface area contributed by atoms with Crippen molar-refractivity contribution >= 4 is 68.1 Å². The highest BCUT2D eigenvalue weighted by Gasteiger charge is 2.18. The molecule has 4 amide bonds. The van der Waals surface area contributed by atoms with E-state index in [2.05, 4.69) is 26.2 Å². The summed E-state index contributed by atoms with van der Waals surface area (Å²) in [6.45, 7) is -0.192. The van der Waals surface area contributed by atoms with E-state index in [0.29, 0.717) is 5.02 Å². The molecule has 0 saturated heterocycles. The average molecular weight is 564 g/mol. The molecule has 1 atom stereocenters. The zero-order chi connectivity index (χ0) is 27.2. The molecule has 1 unspecified atom stereocenters. The summed E-state index contributed by atoms with van der Waals surface area (Å²) < 4.78 is 15.2. The number of amides is 4. The van der Waals surface area contributed by atoms with Crippen molar-refractivity contribution in [3.63, 3.8) is 0 Å². The molecule has 0 fully saturated rings. The van der Waals surface area contributed by atoms with Crippen molar-refractivity contribution in [2.24, 2.45) is 0 Å². The summed E-state index contributed by atoms with van der Waals surface area (Å²) in [6.07, 6.45) is 1.38. The van der Waals surface area contributed by atoms with E-state index in [1.165, 1.54) is 61.8 Å². The molecule has 1 heterocycles. The number of aromatic nitrogens is 1. The lowest BCUT2D eigenvalue weighted by Crippen LogP contribution is -2.41. The van der Waals surface area contributed by atoms with Crippen molar-refractivity contribution in [2.45, 2.75) is 4.90 Å². The van der Waals surface area contributed by atoms with Gasteiger partial charge in [0.2, 0.25) is 0 Å². The van der Waals surface area contributed by atoms with E-state index >= 15 is 0 Å². The Bertz CT molecular complexity index is 1410. The fourth-order valence-corrected chi connectivity index (χ4v) is 4.41. The highest BCUT2D eigenvalue weighted by Crippen LogP contribution is 2.23. The van der Waals surface area contributed by atoms with Crippen LogP contribution in [0.1, 0.15) is 20.7 Å². The molecule has 0 aliphatic rings. The molecule has 2 aromatic carbocycles. The second-order valence-electron chi connectivity index (χ2n) is 7.71. The van der Waals surface area contributed by atoms with Crippen LogP contribution in [0.5, 0.6) is 0 Å². The summed E-state index contributed by atoms with van der Waals surface area (Å²) in [5.74, 6) is 2.74. The first-order valence-corrected chi connectivity index (χ1v) is 13.1. The monoisotopic (exact) mass is 563 g/mol. The maximum Gasteiger partial charge on any atom is 0.328 e. The molecule has 3 rings (SSSR count). The van der Waals surface area contributed by atoms with Gasteiger partial charge < -0.3 is 20.6 Å². The van der Waals surface area contributed by atoms with Gasteiger partial charge in [0.05, 0.1) is 32.6 Å². The summed E-state index contributed by atoms with van der Waals surface area (Å²) in [4.78, 5) is 43.2. The molecule has 37 heavy (non-hydrogen) atoms. The van der Waals surface area contributed by atoms with E-state index in [4.69, 9.17) is 28.3 Å². The lowest BCUT2D eigenvalue weighted by atomic mass is 10.1. The van der Waals surface area contributed by atoms with Crippen molar-refractivity contribution in [3.8, 4) is 0 Å². The molecule has 0 spiro atoms. The molecular weight excluding hydrogens is 541 g/mol. The molecule has 0 saturated carbocycles. The fraction of sp³-hybridized carbons (Fsp3) is 0.125. The van der Waals surface area contributed by atoms with Crippen LogP contribution in [0, 0.1) is 0 Å². The number of nitrogens with zero attached hydrogens (tertiary/aromatic N) is 2. The van der Waals surface area contributed by atoms with Gasteiger partial charge in [0.15, 0.2) is 0 Å². The van der Waals surface area contributed by atoms with Gasteiger partial charge in [0.1, 0.15) is 5.82 Å². The summed E-state index contributed by atoms with van der Waals surface area (Å²) in [5.41, 5.74) is 0.498. The number of hydrogen-bond acceptors (Lipinski definition) is 6. The second kappa shape index (κ2) is 12.1. The second-order valence-corrected chi connectivity index (χ2v) is 10.6. The van der Waals surface area contributed by atoms with Gasteiger partial charge in [-0.05, 0) is 60.5 Å². The molecule has 0 bridgehead atoms. The Kier molecular flexibility index (Phi) is 9.11. The molecule has 0 radical (unpaired) electrons. The number of likely N-dealkylation sites (N-methyl/N-ethyl adjacent to an activating group) is 1. The number of urea groups is 1. The first-order valence-electron chi connectivity index (χ1n) is 10.6. The van der Waals surface area contributed by atoms with Crippen LogP contribution in [-0.2, 0) is 9.71 Å². The number of halogens is 2. The Balaban J connectivity index is 1.75. The first kappa shape index (κ1) is 27.9. The molecule has 0 aliphatic heterocycles. The van der Waals surface area contributed by atoms with Crippen LogP contribution in [0.4, 0.5) is 16.3 Å². The number of benzene rings is 2.